The Bertz CT molecular complexity index is 449. The van der Waals surface area contributed by atoms with Gasteiger partial charge in [0.15, 0.2) is 0 Å². The SMILES string of the molecule is CCCCCCCCCCCCCCCCCCCCCCCCCCCCOC(=O)CC(=O)O. The van der Waals surface area contributed by atoms with Crippen LogP contribution in [-0.2, 0) is 14.3 Å². The molecule has 0 atom stereocenters. The Morgan fingerprint density at radius 1 is 0.457 bits per heavy atom. The Morgan fingerprint density at radius 2 is 0.714 bits per heavy atom. The van der Waals surface area contributed by atoms with Crippen molar-refractivity contribution in [2.45, 2.75) is 180 Å². The fourth-order valence-electron chi connectivity index (χ4n) is 4.78. The number of hydrogen-bond acceptors (Lipinski definition) is 3. The molecule has 0 aromatic heterocycles. The number of rotatable bonds is 29. The molecular formula is C31H60O4. The summed E-state index contributed by atoms with van der Waals surface area (Å²) in [6.07, 6.45) is 35.1. The number of unbranched alkanes of at least 4 members (excludes halogenated alkanes) is 25. The van der Waals surface area contributed by atoms with Crippen LogP contribution in [0.2, 0.25) is 0 Å². The molecule has 1 N–H and O–H groups in total. The smallest absolute Gasteiger partial charge is 0.317 e. The number of carboxylic acid groups (broad SMARTS) is 1. The molecule has 0 aromatic rings. The van der Waals surface area contributed by atoms with Crippen molar-refractivity contribution in [3.63, 3.8) is 0 Å². The van der Waals surface area contributed by atoms with E-state index in [1.165, 1.54) is 154 Å². The molecule has 0 amide bonds. The fourth-order valence-corrected chi connectivity index (χ4v) is 4.78. The van der Waals surface area contributed by atoms with Crippen molar-refractivity contribution in [3.8, 4) is 0 Å². The highest BCUT2D eigenvalue weighted by molar-refractivity contribution is 5.90. The lowest BCUT2D eigenvalue weighted by molar-refractivity contribution is -0.151. The molecule has 0 aliphatic heterocycles. The van der Waals surface area contributed by atoms with E-state index in [0.717, 1.165) is 12.8 Å². The maximum atomic E-state index is 11.1. The molecule has 208 valence electrons. The van der Waals surface area contributed by atoms with Crippen molar-refractivity contribution in [2.24, 2.45) is 0 Å². The van der Waals surface area contributed by atoms with Gasteiger partial charge in [0.1, 0.15) is 6.42 Å². The van der Waals surface area contributed by atoms with Gasteiger partial charge in [0, 0.05) is 0 Å². The van der Waals surface area contributed by atoms with Crippen LogP contribution in [0.15, 0.2) is 0 Å². The van der Waals surface area contributed by atoms with E-state index >= 15 is 0 Å². The Balaban J connectivity index is 3.06. The van der Waals surface area contributed by atoms with Gasteiger partial charge < -0.3 is 9.84 Å². The third-order valence-electron chi connectivity index (χ3n) is 7.06. The first-order valence-corrected chi connectivity index (χ1v) is 15.5. The molecule has 0 saturated carbocycles. The van der Waals surface area contributed by atoms with E-state index in [0.29, 0.717) is 6.61 Å². The maximum Gasteiger partial charge on any atom is 0.317 e. The molecule has 0 saturated heterocycles. The summed E-state index contributed by atoms with van der Waals surface area (Å²) < 4.78 is 4.89. The number of aliphatic carboxylic acids is 1. The highest BCUT2D eigenvalue weighted by Crippen LogP contribution is 2.16. The van der Waals surface area contributed by atoms with Gasteiger partial charge in [-0.2, -0.15) is 0 Å². The normalized spacial score (nSPS) is 11.1. The lowest BCUT2D eigenvalue weighted by Crippen LogP contribution is -2.11. The average Bonchev–Trinajstić information content (AvgIpc) is 2.83. The van der Waals surface area contributed by atoms with E-state index in [2.05, 4.69) is 6.92 Å². The summed E-state index contributed by atoms with van der Waals surface area (Å²) in [5.74, 6) is -1.75. The number of hydrogen-bond donors (Lipinski definition) is 1. The summed E-state index contributed by atoms with van der Waals surface area (Å²) in [6, 6.07) is 0. The second-order valence-electron chi connectivity index (χ2n) is 10.6. The Labute approximate surface area is 218 Å². The molecule has 35 heavy (non-hydrogen) atoms. The summed E-state index contributed by atoms with van der Waals surface area (Å²) in [6.45, 7) is 2.64. The Morgan fingerprint density at radius 3 is 0.971 bits per heavy atom. The largest absolute Gasteiger partial charge is 0.481 e. The minimum atomic E-state index is -1.12. The van der Waals surface area contributed by atoms with Gasteiger partial charge in [-0.25, -0.2) is 0 Å². The molecule has 0 unspecified atom stereocenters. The van der Waals surface area contributed by atoms with Gasteiger partial charge in [-0.1, -0.05) is 167 Å². The zero-order valence-electron chi connectivity index (χ0n) is 23.5. The Kier molecular flexibility index (Phi) is 28.3. The molecular weight excluding hydrogens is 436 g/mol. The first kappa shape index (κ1) is 33.9. The standard InChI is InChI=1S/C31H60O4/c1-2-3-4-5-6-7-8-9-10-11-12-13-14-15-16-17-18-19-20-21-22-23-24-25-26-27-28-35-31(34)29-30(32)33/h2-29H2,1H3,(H,32,33). The second kappa shape index (κ2) is 29.2. The van der Waals surface area contributed by atoms with Gasteiger partial charge in [-0.3, -0.25) is 9.59 Å². The summed E-state index contributed by atoms with van der Waals surface area (Å²) >= 11 is 0. The van der Waals surface area contributed by atoms with Crippen LogP contribution < -0.4 is 0 Å². The highest BCUT2D eigenvalue weighted by Gasteiger charge is 2.07. The number of esters is 1. The lowest BCUT2D eigenvalue weighted by Gasteiger charge is -2.05. The predicted octanol–water partition coefficient (Wildman–Crippen LogP) is 10.2. The summed E-state index contributed by atoms with van der Waals surface area (Å²) in [5.41, 5.74) is 0. The number of carboxylic acids is 1. The van der Waals surface area contributed by atoms with Crippen LogP contribution in [0, 0.1) is 0 Å². The molecule has 4 heteroatoms. The average molecular weight is 497 g/mol. The molecule has 0 aliphatic carbocycles. The van der Waals surface area contributed by atoms with E-state index in [4.69, 9.17) is 9.84 Å². The van der Waals surface area contributed by atoms with Gasteiger partial charge in [0.05, 0.1) is 6.61 Å². The van der Waals surface area contributed by atoms with Crippen LogP contribution in [-0.4, -0.2) is 23.7 Å². The van der Waals surface area contributed by atoms with Crippen LogP contribution in [0.1, 0.15) is 180 Å². The zero-order valence-corrected chi connectivity index (χ0v) is 23.5. The quantitative estimate of drug-likeness (QED) is 0.0635. The first-order chi connectivity index (χ1) is 17.2. The summed E-state index contributed by atoms with van der Waals surface area (Å²) in [5, 5.41) is 8.48. The van der Waals surface area contributed by atoms with E-state index in [-0.39, 0.29) is 0 Å². The predicted molar refractivity (Wildman–Crippen MR) is 149 cm³/mol. The molecule has 0 bridgehead atoms. The van der Waals surface area contributed by atoms with E-state index in [1.54, 1.807) is 0 Å². The van der Waals surface area contributed by atoms with Crippen molar-refractivity contribution >= 4 is 11.9 Å². The molecule has 0 heterocycles. The van der Waals surface area contributed by atoms with Crippen LogP contribution in [0.5, 0.6) is 0 Å². The van der Waals surface area contributed by atoms with Crippen molar-refractivity contribution in [1.82, 2.24) is 0 Å². The molecule has 0 rings (SSSR count). The third kappa shape index (κ3) is 30.9. The topological polar surface area (TPSA) is 63.6 Å². The molecule has 0 aromatic carbocycles. The van der Waals surface area contributed by atoms with Gasteiger partial charge in [0.25, 0.3) is 0 Å². The van der Waals surface area contributed by atoms with Crippen LogP contribution in [0.4, 0.5) is 0 Å². The second-order valence-corrected chi connectivity index (χ2v) is 10.6. The molecule has 4 nitrogen and oxygen atoms in total. The molecule has 0 aliphatic rings. The van der Waals surface area contributed by atoms with Gasteiger partial charge in [-0.05, 0) is 6.42 Å². The zero-order chi connectivity index (χ0) is 25.7. The van der Waals surface area contributed by atoms with Crippen molar-refractivity contribution in [2.75, 3.05) is 6.61 Å². The molecule has 0 radical (unpaired) electrons. The van der Waals surface area contributed by atoms with Gasteiger partial charge in [-0.15, -0.1) is 0 Å². The van der Waals surface area contributed by atoms with E-state index in [1.807, 2.05) is 0 Å². The monoisotopic (exact) mass is 496 g/mol. The number of carbonyl (C=O) groups excluding carboxylic acids is 1. The maximum absolute atomic E-state index is 11.1. The Hall–Kier alpha value is -1.06. The van der Waals surface area contributed by atoms with Gasteiger partial charge in [0.2, 0.25) is 0 Å². The lowest BCUT2D eigenvalue weighted by atomic mass is 10.0. The minimum Gasteiger partial charge on any atom is -0.481 e. The minimum absolute atomic E-state index is 0.353. The van der Waals surface area contributed by atoms with Crippen LogP contribution in [0.3, 0.4) is 0 Å². The van der Waals surface area contributed by atoms with E-state index in [9.17, 15) is 9.59 Å². The number of carbonyl (C=O) groups is 2. The number of ether oxygens (including phenoxy) is 1. The third-order valence-corrected chi connectivity index (χ3v) is 7.06. The van der Waals surface area contributed by atoms with Crippen LogP contribution in [0.25, 0.3) is 0 Å². The molecule has 0 spiro atoms. The van der Waals surface area contributed by atoms with Crippen molar-refractivity contribution in [1.29, 1.82) is 0 Å². The van der Waals surface area contributed by atoms with Crippen LogP contribution >= 0.6 is 0 Å². The fraction of sp³-hybridized carbons (Fsp3) is 0.935. The molecule has 0 fully saturated rings. The highest BCUT2D eigenvalue weighted by atomic mass is 16.5. The van der Waals surface area contributed by atoms with Gasteiger partial charge >= 0.3 is 11.9 Å². The van der Waals surface area contributed by atoms with E-state index < -0.39 is 18.4 Å². The first-order valence-electron chi connectivity index (χ1n) is 15.5. The summed E-state index contributed by atoms with van der Waals surface area (Å²) in [7, 11) is 0. The van der Waals surface area contributed by atoms with Crippen molar-refractivity contribution in [3.05, 3.63) is 0 Å². The van der Waals surface area contributed by atoms with Crippen molar-refractivity contribution < 1.29 is 19.4 Å². The summed E-state index contributed by atoms with van der Waals surface area (Å²) in [4.78, 5) is 21.5.